The monoisotopic (exact) mass is 456 g/mol. The number of thioether (sulfide) groups is 1. The Bertz CT molecular complexity index is 1200. The van der Waals surface area contributed by atoms with E-state index in [1.165, 1.54) is 11.8 Å². The quantitative estimate of drug-likeness (QED) is 0.307. The second-order valence-corrected chi connectivity index (χ2v) is 8.25. The van der Waals surface area contributed by atoms with Crippen molar-refractivity contribution in [3.8, 4) is 11.5 Å². The SMILES string of the molecule is CC(C)n1c(SCc2nnc(-c3ccccc3Br)o2)nc2ccccc2c1=O. The second kappa shape index (κ2) is 7.89. The van der Waals surface area contributed by atoms with Crippen LogP contribution in [0.3, 0.4) is 0 Å². The highest BCUT2D eigenvalue weighted by atomic mass is 79.9. The fraction of sp³-hybridized carbons (Fsp3) is 0.200. The van der Waals surface area contributed by atoms with E-state index >= 15 is 0 Å². The van der Waals surface area contributed by atoms with E-state index < -0.39 is 0 Å². The molecule has 0 bridgehead atoms. The topological polar surface area (TPSA) is 73.8 Å². The molecular weight excluding hydrogens is 440 g/mol. The fourth-order valence-electron chi connectivity index (χ4n) is 2.86. The lowest BCUT2D eigenvalue weighted by Crippen LogP contribution is -2.25. The molecule has 2 aromatic heterocycles. The maximum Gasteiger partial charge on any atom is 0.262 e. The van der Waals surface area contributed by atoms with Crippen LogP contribution < -0.4 is 5.56 Å². The van der Waals surface area contributed by atoms with E-state index in [4.69, 9.17) is 4.42 Å². The van der Waals surface area contributed by atoms with Crippen LogP contribution in [-0.2, 0) is 5.75 Å². The van der Waals surface area contributed by atoms with Crippen molar-refractivity contribution in [1.82, 2.24) is 19.7 Å². The molecule has 0 radical (unpaired) electrons. The van der Waals surface area contributed by atoms with Gasteiger partial charge in [-0.1, -0.05) is 36.0 Å². The Morgan fingerprint density at radius 3 is 2.64 bits per heavy atom. The molecule has 0 spiro atoms. The summed E-state index contributed by atoms with van der Waals surface area (Å²) in [5, 5.41) is 9.53. The van der Waals surface area contributed by atoms with Gasteiger partial charge in [-0.05, 0) is 54.0 Å². The average molecular weight is 457 g/mol. The van der Waals surface area contributed by atoms with E-state index in [9.17, 15) is 4.79 Å². The van der Waals surface area contributed by atoms with E-state index in [0.717, 1.165) is 10.0 Å². The largest absolute Gasteiger partial charge is 0.420 e. The van der Waals surface area contributed by atoms with E-state index in [1.54, 1.807) is 10.6 Å². The van der Waals surface area contributed by atoms with Crippen molar-refractivity contribution < 1.29 is 4.42 Å². The lowest BCUT2D eigenvalue weighted by atomic mass is 10.2. The molecule has 6 nitrogen and oxygen atoms in total. The van der Waals surface area contributed by atoms with Gasteiger partial charge in [0.1, 0.15) is 0 Å². The highest BCUT2D eigenvalue weighted by Gasteiger charge is 2.16. The number of fused-ring (bicyclic) bond motifs is 1. The van der Waals surface area contributed by atoms with Crippen molar-refractivity contribution in [3.63, 3.8) is 0 Å². The number of para-hydroxylation sites is 1. The molecule has 0 fully saturated rings. The molecule has 142 valence electrons. The van der Waals surface area contributed by atoms with E-state index in [0.29, 0.717) is 33.6 Å². The second-order valence-electron chi connectivity index (χ2n) is 6.45. The summed E-state index contributed by atoms with van der Waals surface area (Å²) in [5.74, 6) is 1.36. The minimum atomic E-state index is -0.0393. The minimum absolute atomic E-state index is 0.00868. The molecule has 0 aliphatic heterocycles. The van der Waals surface area contributed by atoms with E-state index in [2.05, 4.69) is 31.1 Å². The Kier molecular flexibility index (Phi) is 5.32. The summed E-state index contributed by atoms with van der Waals surface area (Å²) < 4.78 is 8.40. The Labute approximate surface area is 174 Å². The third kappa shape index (κ3) is 3.62. The van der Waals surface area contributed by atoms with Crippen LogP contribution >= 0.6 is 27.7 Å². The summed E-state index contributed by atoms with van der Waals surface area (Å²) in [6, 6.07) is 15.1. The standard InChI is InChI=1S/C20H17BrN4O2S/c1-12(2)25-19(26)14-8-4-6-10-16(14)22-20(25)28-11-17-23-24-18(27-17)13-7-3-5-9-15(13)21/h3-10,12H,11H2,1-2H3. The third-order valence-electron chi connectivity index (χ3n) is 4.19. The van der Waals surface area contributed by atoms with Gasteiger partial charge < -0.3 is 4.42 Å². The first kappa shape index (κ1) is 18.9. The molecule has 8 heteroatoms. The normalized spacial score (nSPS) is 11.4. The maximum atomic E-state index is 12.9. The van der Waals surface area contributed by atoms with E-state index in [1.807, 2.05) is 56.3 Å². The van der Waals surface area contributed by atoms with Gasteiger partial charge >= 0.3 is 0 Å². The summed E-state index contributed by atoms with van der Waals surface area (Å²) >= 11 is 4.91. The van der Waals surface area contributed by atoms with Crippen LogP contribution in [0.25, 0.3) is 22.4 Å². The lowest BCUT2D eigenvalue weighted by molar-refractivity contribution is 0.514. The van der Waals surface area contributed by atoms with Crippen LogP contribution in [0.2, 0.25) is 0 Å². The average Bonchev–Trinajstić information content (AvgIpc) is 3.15. The summed E-state index contributed by atoms with van der Waals surface area (Å²) in [6.45, 7) is 3.94. The van der Waals surface area contributed by atoms with Gasteiger partial charge in [-0.3, -0.25) is 9.36 Å². The van der Waals surface area contributed by atoms with Crippen molar-refractivity contribution in [2.45, 2.75) is 30.8 Å². The number of hydrogen-bond acceptors (Lipinski definition) is 6. The van der Waals surface area contributed by atoms with Gasteiger partial charge in [0.25, 0.3) is 5.56 Å². The van der Waals surface area contributed by atoms with Crippen molar-refractivity contribution in [2.24, 2.45) is 0 Å². The predicted molar refractivity (Wildman–Crippen MR) is 113 cm³/mol. The van der Waals surface area contributed by atoms with Gasteiger partial charge in [-0.25, -0.2) is 4.98 Å². The minimum Gasteiger partial charge on any atom is -0.420 e. The predicted octanol–water partition coefficient (Wildman–Crippen LogP) is 5.08. The van der Waals surface area contributed by atoms with Gasteiger partial charge in [0.15, 0.2) is 5.16 Å². The summed E-state index contributed by atoms with van der Waals surface area (Å²) in [7, 11) is 0. The number of benzene rings is 2. The molecule has 0 atom stereocenters. The summed E-state index contributed by atoms with van der Waals surface area (Å²) in [5.41, 5.74) is 1.49. The molecule has 2 aromatic carbocycles. The number of nitrogens with zero attached hydrogens (tertiary/aromatic N) is 4. The Balaban J connectivity index is 1.64. The first-order chi connectivity index (χ1) is 13.5. The van der Waals surface area contributed by atoms with Gasteiger partial charge in [0, 0.05) is 10.5 Å². The highest BCUT2D eigenvalue weighted by Crippen LogP contribution is 2.29. The Hall–Kier alpha value is -2.45. The lowest BCUT2D eigenvalue weighted by Gasteiger charge is -2.15. The van der Waals surface area contributed by atoms with E-state index in [-0.39, 0.29) is 11.6 Å². The molecule has 28 heavy (non-hydrogen) atoms. The molecule has 4 aromatic rings. The first-order valence-electron chi connectivity index (χ1n) is 8.76. The highest BCUT2D eigenvalue weighted by molar-refractivity contribution is 9.10. The Morgan fingerprint density at radius 1 is 1.11 bits per heavy atom. The molecule has 0 saturated carbocycles. The third-order valence-corrected chi connectivity index (χ3v) is 5.82. The molecule has 2 heterocycles. The number of halogens is 1. The molecule has 0 amide bonds. The van der Waals surface area contributed by atoms with Crippen molar-refractivity contribution in [1.29, 1.82) is 0 Å². The molecular formula is C20H17BrN4O2S. The zero-order chi connectivity index (χ0) is 19.7. The molecule has 0 N–H and O–H groups in total. The number of hydrogen-bond donors (Lipinski definition) is 0. The van der Waals surface area contributed by atoms with Crippen molar-refractivity contribution in [2.75, 3.05) is 0 Å². The zero-order valence-electron chi connectivity index (χ0n) is 15.3. The molecule has 4 rings (SSSR count). The first-order valence-corrected chi connectivity index (χ1v) is 10.5. The van der Waals surface area contributed by atoms with Crippen molar-refractivity contribution in [3.05, 3.63) is 69.2 Å². The number of rotatable bonds is 5. The Morgan fingerprint density at radius 2 is 1.86 bits per heavy atom. The van der Waals surface area contributed by atoms with Gasteiger partial charge in [-0.2, -0.15) is 0 Å². The number of aromatic nitrogens is 4. The smallest absolute Gasteiger partial charge is 0.262 e. The van der Waals surface area contributed by atoms with Crippen LogP contribution in [0, 0.1) is 0 Å². The van der Waals surface area contributed by atoms with Crippen LogP contribution in [-0.4, -0.2) is 19.7 Å². The summed E-state index contributed by atoms with van der Waals surface area (Å²) in [6.07, 6.45) is 0. The van der Waals surface area contributed by atoms with Gasteiger partial charge in [0.05, 0.1) is 22.2 Å². The summed E-state index contributed by atoms with van der Waals surface area (Å²) in [4.78, 5) is 17.6. The van der Waals surface area contributed by atoms with Crippen molar-refractivity contribution >= 4 is 38.6 Å². The molecule has 0 aliphatic rings. The molecule has 0 saturated heterocycles. The molecule has 0 unspecified atom stereocenters. The fourth-order valence-corrected chi connectivity index (χ4v) is 4.28. The van der Waals surface area contributed by atoms with Crippen LogP contribution in [0.4, 0.5) is 0 Å². The maximum absolute atomic E-state index is 12.9. The zero-order valence-corrected chi connectivity index (χ0v) is 17.7. The van der Waals surface area contributed by atoms with Crippen LogP contribution in [0.5, 0.6) is 0 Å². The van der Waals surface area contributed by atoms with Gasteiger partial charge in [0.2, 0.25) is 11.8 Å². The van der Waals surface area contributed by atoms with Gasteiger partial charge in [-0.15, -0.1) is 10.2 Å². The molecule has 0 aliphatic carbocycles. The van der Waals surface area contributed by atoms with Crippen LogP contribution in [0.15, 0.2) is 67.4 Å². The van der Waals surface area contributed by atoms with Crippen LogP contribution in [0.1, 0.15) is 25.8 Å².